The van der Waals surface area contributed by atoms with Crippen LogP contribution in [0.3, 0.4) is 0 Å². The van der Waals surface area contributed by atoms with Gasteiger partial charge in [0.25, 0.3) is 0 Å². The number of benzene rings is 1. The predicted octanol–water partition coefficient (Wildman–Crippen LogP) is 3.11. The van der Waals surface area contributed by atoms with E-state index < -0.39 is 10.0 Å². The van der Waals surface area contributed by atoms with E-state index in [-0.39, 0.29) is 22.6 Å². The second-order valence-corrected chi connectivity index (χ2v) is 7.83. The molecule has 0 amide bonds. The Hall–Kier alpha value is -1.67. The quantitative estimate of drug-likeness (QED) is 0.658. The molecule has 26 heavy (non-hydrogen) atoms. The Kier molecular flexibility index (Phi) is 7.40. The summed E-state index contributed by atoms with van der Waals surface area (Å²) in [4.78, 5) is 6.13. The van der Waals surface area contributed by atoms with Crippen molar-refractivity contribution in [1.82, 2.24) is 14.6 Å². The van der Waals surface area contributed by atoms with E-state index in [0.717, 1.165) is 24.4 Å². The smallest absolute Gasteiger partial charge is 0.242 e. The lowest BCUT2D eigenvalue weighted by atomic mass is 10.1. The highest BCUT2D eigenvalue weighted by atomic mass is 35.5. The van der Waals surface area contributed by atoms with Crippen molar-refractivity contribution in [3.63, 3.8) is 0 Å². The lowest BCUT2D eigenvalue weighted by molar-refractivity contribution is 0.220. The molecule has 1 N–H and O–H groups in total. The van der Waals surface area contributed by atoms with Gasteiger partial charge >= 0.3 is 0 Å². The maximum Gasteiger partial charge on any atom is 0.242 e. The predicted molar refractivity (Wildman–Crippen MR) is 103 cm³/mol. The third-order valence-corrected chi connectivity index (χ3v) is 5.86. The molecule has 0 spiro atoms. The maximum atomic E-state index is 12.5. The number of rotatable bonds is 9. The molecule has 0 aliphatic rings. The summed E-state index contributed by atoms with van der Waals surface area (Å²) in [5.41, 5.74) is 1.02. The number of methoxy groups -OCH3 is 1. The molecule has 0 saturated carbocycles. The summed E-state index contributed by atoms with van der Waals surface area (Å²) in [7, 11) is -2.05. The summed E-state index contributed by atoms with van der Waals surface area (Å²) in [6.07, 6.45) is 1.25. The van der Waals surface area contributed by atoms with Gasteiger partial charge in [-0.1, -0.05) is 37.6 Å². The Labute approximate surface area is 160 Å². The van der Waals surface area contributed by atoms with Crippen LogP contribution < -0.4 is 9.46 Å². The lowest BCUT2D eigenvalue weighted by Crippen LogP contribution is -2.38. The number of hydrogen-bond donors (Lipinski definition) is 1. The molecule has 0 aliphatic carbocycles. The second kappa shape index (κ2) is 9.32. The number of sulfonamides is 1. The minimum atomic E-state index is -3.67. The van der Waals surface area contributed by atoms with Crippen LogP contribution in [0.5, 0.6) is 5.75 Å². The molecule has 0 saturated heterocycles. The first-order chi connectivity index (χ1) is 12.4. The molecule has 0 bridgehead atoms. The average Bonchev–Trinajstić information content (AvgIpc) is 2.65. The zero-order valence-electron chi connectivity index (χ0n) is 15.1. The molecule has 1 unspecified atom stereocenters. The summed E-state index contributed by atoms with van der Waals surface area (Å²) in [5, 5.41) is 0.253. The van der Waals surface area contributed by atoms with Crippen LogP contribution >= 0.6 is 11.6 Å². The van der Waals surface area contributed by atoms with Crippen molar-refractivity contribution in [2.45, 2.75) is 24.8 Å². The third kappa shape index (κ3) is 5.17. The molecular weight excluding hydrogens is 374 g/mol. The van der Waals surface area contributed by atoms with Gasteiger partial charge in [-0.15, -0.1) is 0 Å². The van der Waals surface area contributed by atoms with Gasteiger partial charge in [0.2, 0.25) is 10.0 Å². The van der Waals surface area contributed by atoms with E-state index in [1.165, 1.54) is 18.3 Å². The van der Waals surface area contributed by atoms with Crippen LogP contribution in [0.2, 0.25) is 5.15 Å². The fourth-order valence-corrected chi connectivity index (χ4v) is 3.84. The molecule has 8 heteroatoms. The molecule has 1 heterocycles. The summed E-state index contributed by atoms with van der Waals surface area (Å²) >= 11 is 5.73. The van der Waals surface area contributed by atoms with Crippen LogP contribution in [0.4, 0.5) is 0 Å². The van der Waals surface area contributed by atoms with Crippen molar-refractivity contribution in [2.75, 3.05) is 26.7 Å². The van der Waals surface area contributed by atoms with E-state index >= 15 is 0 Å². The van der Waals surface area contributed by atoms with Crippen molar-refractivity contribution >= 4 is 21.6 Å². The van der Waals surface area contributed by atoms with Crippen LogP contribution in [0.1, 0.15) is 25.5 Å². The van der Waals surface area contributed by atoms with Crippen LogP contribution in [-0.2, 0) is 10.0 Å². The van der Waals surface area contributed by atoms with Gasteiger partial charge in [-0.3, -0.25) is 4.90 Å². The Morgan fingerprint density at radius 3 is 2.31 bits per heavy atom. The van der Waals surface area contributed by atoms with E-state index in [4.69, 9.17) is 16.3 Å². The van der Waals surface area contributed by atoms with Crippen LogP contribution in [0, 0.1) is 0 Å². The first-order valence-electron chi connectivity index (χ1n) is 8.40. The monoisotopic (exact) mass is 397 g/mol. The number of halogens is 1. The fourth-order valence-electron chi connectivity index (χ4n) is 2.74. The summed E-state index contributed by atoms with van der Waals surface area (Å²) in [6.45, 7) is 5.96. The standard InChI is InChI=1S/C18H24ClN3O3S/c1-4-22(5-2)17(14-6-8-15(25-3)9-7-14)13-21-26(23,24)16-10-11-18(19)20-12-16/h6-12,17,21H,4-5,13H2,1-3H3. The van der Waals surface area contributed by atoms with Crippen LogP contribution in [0.25, 0.3) is 0 Å². The molecule has 2 aromatic rings. The van der Waals surface area contributed by atoms with E-state index in [2.05, 4.69) is 28.5 Å². The number of pyridine rings is 1. The number of ether oxygens (including phenoxy) is 1. The van der Waals surface area contributed by atoms with Gasteiger partial charge in [0.05, 0.1) is 7.11 Å². The van der Waals surface area contributed by atoms with Crippen LogP contribution in [0.15, 0.2) is 47.5 Å². The zero-order valence-corrected chi connectivity index (χ0v) is 16.7. The molecule has 0 aliphatic heterocycles. The van der Waals surface area contributed by atoms with Crippen molar-refractivity contribution in [3.05, 3.63) is 53.3 Å². The number of hydrogen-bond acceptors (Lipinski definition) is 5. The highest BCUT2D eigenvalue weighted by Crippen LogP contribution is 2.23. The summed E-state index contributed by atoms with van der Waals surface area (Å²) in [6, 6.07) is 10.5. The molecule has 0 fully saturated rings. The summed E-state index contributed by atoms with van der Waals surface area (Å²) in [5.74, 6) is 0.764. The van der Waals surface area contributed by atoms with Gasteiger partial charge in [-0.05, 0) is 42.9 Å². The molecule has 1 aromatic heterocycles. The van der Waals surface area contributed by atoms with Gasteiger partial charge in [0.15, 0.2) is 0 Å². The minimum absolute atomic E-state index is 0.0917. The maximum absolute atomic E-state index is 12.5. The fraction of sp³-hybridized carbons (Fsp3) is 0.389. The molecule has 1 aromatic carbocycles. The lowest BCUT2D eigenvalue weighted by Gasteiger charge is -2.30. The van der Waals surface area contributed by atoms with Crippen LogP contribution in [-0.4, -0.2) is 45.0 Å². The first kappa shape index (κ1) is 20.6. The van der Waals surface area contributed by atoms with Crippen molar-refractivity contribution in [1.29, 1.82) is 0 Å². The van der Waals surface area contributed by atoms with Gasteiger partial charge < -0.3 is 4.74 Å². The molecule has 2 rings (SSSR count). The largest absolute Gasteiger partial charge is 0.497 e. The Morgan fingerprint density at radius 2 is 1.81 bits per heavy atom. The van der Waals surface area contributed by atoms with Gasteiger partial charge in [-0.2, -0.15) is 0 Å². The normalized spacial score (nSPS) is 13.0. The first-order valence-corrected chi connectivity index (χ1v) is 10.3. The zero-order chi connectivity index (χ0) is 19.2. The summed E-state index contributed by atoms with van der Waals surface area (Å²) < 4.78 is 33.0. The second-order valence-electron chi connectivity index (χ2n) is 5.68. The van der Waals surface area contributed by atoms with E-state index in [0.29, 0.717) is 0 Å². The number of likely N-dealkylation sites (N-methyl/N-ethyl adjacent to an activating group) is 1. The van der Waals surface area contributed by atoms with Gasteiger partial charge in [0, 0.05) is 18.8 Å². The average molecular weight is 398 g/mol. The number of nitrogens with zero attached hydrogens (tertiary/aromatic N) is 2. The SMILES string of the molecule is CCN(CC)C(CNS(=O)(=O)c1ccc(Cl)nc1)c1ccc(OC)cc1. The Bertz CT molecular complexity index is 791. The highest BCUT2D eigenvalue weighted by Gasteiger charge is 2.22. The Morgan fingerprint density at radius 1 is 1.15 bits per heavy atom. The van der Waals surface area contributed by atoms with Crippen molar-refractivity contribution in [3.8, 4) is 5.75 Å². The minimum Gasteiger partial charge on any atom is -0.497 e. The molecule has 142 valence electrons. The molecule has 1 atom stereocenters. The molecular formula is C18H24ClN3O3S. The van der Waals surface area contributed by atoms with Gasteiger partial charge in [0.1, 0.15) is 15.8 Å². The number of aromatic nitrogens is 1. The molecule has 6 nitrogen and oxygen atoms in total. The van der Waals surface area contributed by atoms with Crippen molar-refractivity contribution in [2.24, 2.45) is 0 Å². The van der Waals surface area contributed by atoms with Crippen molar-refractivity contribution < 1.29 is 13.2 Å². The number of nitrogens with one attached hydrogen (secondary N) is 1. The van der Waals surface area contributed by atoms with E-state index in [1.807, 2.05) is 24.3 Å². The van der Waals surface area contributed by atoms with E-state index in [1.54, 1.807) is 7.11 Å². The van der Waals surface area contributed by atoms with E-state index in [9.17, 15) is 8.42 Å². The Balaban J connectivity index is 2.21. The highest BCUT2D eigenvalue weighted by molar-refractivity contribution is 7.89. The molecule has 0 radical (unpaired) electrons. The topological polar surface area (TPSA) is 71.5 Å². The third-order valence-electron chi connectivity index (χ3n) is 4.23. The van der Waals surface area contributed by atoms with Gasteiger partial charge in [-0.25, -0.2) is 18.1 Å².